The molecule has 4 aromatic rings. The summed E-state index contributed by atoms with van der Waals surface area (Å²) in [6.07, 6.45) is 6.82. The molecule has 0 spiro atoms. The average molecular weight is 578 g/mol. The Morgan fingerprint density at radius 3 is 2.42 bits per heavy atom. The van der Waals surface area contributed by atoms with Crippen molar-refractivity contribution in [3.05, 3.63) is 114 Å². The molecule has 3 aromatic carbocycles. The zero-order chi connectivity index (χ0) is 30.2. The minimum atomic E-state index is -0.516. The number of hydrogen-bond donors (Lipinski definition) is 1. The van der Waals surface area contributed by atoms with Crippen molar-refractivity contribution >= 4 is 40.1 Å². The molecule has 1 N–H and O–H groups in total. The van der Waals surface area contributed by atoms with Gasteiger partial charge in [0.2, 0.25) is 11.6 Å². The van der Waals surface area contributed by atoms with Crippen LogP contribution < -0.4 is 19.5 Å². The normalized spacial score (nSPS) is 13.1. The Labute approximate surface area is 247 Å². The maximum Gasteiger partial charge on any atom is 0.223 e. The van der Waals surface area contributed by atoms with E-state index in [4.69, 9.17) is 18.9 Å². The minimum absolute atomic E-state index is 0.0166. The number of anilines is 1. The zero-order valence-corrected chi connectivity index (χ0v) is 23.4. The van der Waals surface area contributed by atoms with Crippen LogP contribution in [-0.2, 0) is 14.3 Å². The van der Waals surface area contributed by atoms with Gasteiger partial charge in [0, 0.05) is 36.3 Å². The molecule has 5 rings (SSSR count). The summed E-state index contributed by atoms with van der Waals surface area (Å²) >= 11 is 0. The van der Waals surface area contributed by atoms with Crippen molar-refractivity contribution in [3.8, 4) is 17.2 Å². The molecule has 0 unspecified atom stereocenters. The van der Waals surface area contributed by atoms with Crippen LogP contribution in [0, 0.1) is 0 Å². The van der Waals surface area contributed by atoms with Gasteiger partial charge in [-0.05, 0) is 42.0 Å². The number of fused-ring (bicyclic) bond motifs is 1. The van der Waals surface area contributed by atoms with Crippen LogP contribution >= 0.6 is 0 Å². The molecule has 1 aliphatic carbocycles. The number of ether oxygens (including phenoxy) is 4. The van der Waals surface area contributed by atoms with E-state index >= 15 is 0 Å². The van der Waals surface area contributed by atoms with Gasteiger partial charge in [-0.1, -0.05) is 36.4 Å². The maximum absolute atomic E-state index is 12.9. The van der Waals surface area contributed by atoms with Crippen LogP contribution in [-0.4, -0.2) is 54.8 Å². The fourth-order valence-corrected chi connectivity index (χ4v) is 4.16. The highest BCUT2D eigenvalue weighted by atomic mass is 16.5. The van der Waals surface area contributed by atoms with E-state index in [9.17, 15) is 14.4 Å². The number of methoxy groups -OCH3 is 2. The first-order valence-corrected chi connectivity index (χ1v) is 13.2. The largest absolute Gasteiger partial charge is 0.493 e. The van der Waals surface area contributed by atoms with Gasteiger partial charge in [0.1, 0.15) is 24.5 Å². The number of aromatic nitrogens is 2. The monoisotopic (exact) mass is 577 g/mol. The van der Waals surface area contributed by atoms with Crippen molar-refractivity contribution < 1.29 is 33.3 Å². The van der Waals surface area contributed by atoms with Crippen LogP contribution in [0.15, 0.2) is 103 Å². The summed E-state index contributed by atoms with van der Waals surface area (Å²) in [5, 5.41) is 3.49. The first kappa shape index (κ1) is 28.9. The van der Waals surface area contributed by atoms with Crippen molar-refractivity contribution in [1.29, 1.82) is 0 Å². The lowest BCUT2D eigenvalue weighted by atomic mass is 10.1. The molecule has 0 bridgehead atoms. The predicted molar refractivity (Wildman–Crippen MR) is 160 cm³/mol. The Bertz CT molecular complexity index is 1760. The summed E-state index contributed by atoms with van der Waals surface area (Å²) in [5.41, 5.74) is 1.92. The van der Waals surface area contributed by atoms with Crippen LogP contribution in [0.1, 0.15) is 15.9 Å². The van der Waals surface area contributed by atoms with E-state index in [1.54, 1.807) is 49.6 Å². The molecule has 1 aliphatic rings. The van der Waals surface area contributed by atoms with Gasteiger partial charge in [0.25, 0.3) is 0 Å². The van der Waals surface area contributed by atoms with E-state index in [1.807, 2.05) is 30.3 Å². The molecular formula is C33H27N3O7. The molecular weight excluding hydrogens is 550 g/mol. The second kappa shape index (κ2) is 13.4. The minimum Gasteiger partial charge on any atom is -0.493 e. The van der Waals surface area contributed by atoms with Crippen LogP contribution in [0.25, 0.3) is 17.0 Å². The van der Waals surface area contributed by atoms with Gasteiger partial charge < -0.3 is 24.3 Å². The molecule has 0 fully saturated rings. The Morgan fingerprint density at radius 1 is 0.884 bits per heavy atom. The number of rotatable bonds is 12. The van der Waals surface area contributed by atoms with E-state index in [-0.39, 0.29) is 17.2 Å². The Kier molecular flexibility index (Phi) is 8.99. The lowest BCUT2D eigenvalue weighted by Crippen LogP contribution is -2.21. The Balaban J connectivity index is 1.27. The molecule has 0 saturated carbocycles. The third kappa shape index (κ3) is 7.00. The lowest BCUT2D eigenvalue weighted by Gasteiger charge is -2.16. The molecule has 1 heterocycles. The molecule has 1 aromatic heterocycles. The van der Waals surface area contributed by atoms with Crippen LogP contribution in [0.3, 0.4) is 0 Å². The van der Waals surface area contributed by atoms with Gasteiger partial charge >= 0.3 is 0 Å². The summed E-state index contributed by atoms with van der Waals surface area (Å²) in [5.74, 6) is 0.204. The van der Waals surface area contributed by atoms with Crippen molar-refractivity contribution in [2.45, 2.75) is 0 Å². The predicted octanol–water partition coefficient (Wildman–Crippen LogP) is 4.97. The number of carbonyl (C=O) groups excluding carboxylic acids is 3. The van der Waals surface area contributed by atoms with Gasteiger partial charge in [-0.3, -0.25) is 14.4 Å². The second-order valence-electron chi connectivity index (χ2n) is 9.24. The summed E-state index contributed by atoms with van der Waals surface area (Å²) in [4.78, 5) is 46.9. The zero-order valence-electron chi connectivity index (χ0n) is 23.4. The quantitative estimate of drug-likeness (QED) is 0.107. The number of ketones is 3. The number of nitrogens with one attached hydrogen (secondary N) is 1. The van der Waals surface area contributed by atoms with Crippen LogP contribution in [0.2, 0.25) is 0 Å². The lowest BCUT2D eigenvalue weighted by molar-refractivity contribution is -0.116. The number of carbonyl (C=O) groups is 3. The summed E-state index contributed by atoms with van der Waals surface area (Å²) in [6.45, 7) is 0.724. The average Bonchev–Trinajstić information content (AvgIpc) is 3.03. The fraction of sp³-hybridized carbons (Fsp3) is 0.121. The highest BCUT2D eigenvalue weighted by Gasteiger charge is 2.23. The van der Waals surface area contributed by atoms with E-state index in [1.165, 1.54) is 19.5 Å². The Hall–Kier alpha value is -5.61. The summed E-state index contributed by atoms with van der Waals surface area (Å²) in [7, 11) is 3.09. The SMILES string of the molecule is COCCOc1cc2ncnc(NC3=CC(=O)C(Oc4ccc(C(=O)C=Cc5ccccc5)cc4)=CC3=O)c2cc1OC. The highest BCUT2D eigenvalue weighted by Crippen LogP contribution is 2.34. The van der Waals surface area contributed by atoms with E-state index in [0.717, 1.165) is 17.7 Å². The first-order valence-electron chi connectivity index (χ1n) is 13.2. The van der Waals surface area contributed by atoms with Gasteiger partial charge in [-0.25, -0.2) is 9.97 Å². The molecule has 10 nitrogen and oxygen atoms in total. The van der Waals surface area contributed by atoms with E-state index in [2.05, 4.69) is 15.3 Å². The third-order valence-electron chi connectivity index (χ3n) is 6.36. The van der Waals surface area contributed by atoms with Gasteiger partial charge in [-0.2, -0.15) is 0 Å². The van der Waals surface area contributed by atoms with Crippen molar-refractivity contribution in [2.75, 3.05) is 32.8 Å². The van der Waals surface area contributed by atoms with E-state index < -0.39 is 11.6 Å². The first-order chi connectivity index (χ1) is 20.9. The molecule has 43 heavy (non-hydrogen) atoms. The van der Waals surface area contributed by atoms with Crippen LogP contribution in [0.5, 0.6) is 17.2 Å². The van der Waals surface area contributed by atoms with Gasteiger partial charge in [0.15, 0.2) is 23.0 Å². The van der Waals surface area contributed by atoms with Crippen LogP contribution in [0.4, 0.5) is 5.82 Å². The highest BCUT2D eigenvalue weighted by molar-refractivity contribution is 6.20. The smallest absolute Gasteiger partial charge is 0.223 e. The number of allylic oxidation sites excluding steroid dienone is 3. The second-order valence-corrected chi connectivity index (χ2v) is 9.24. The molecule has 0 saturated heterocycles. The third-order valence-corrected chi connectivity index (χ3v) is 6.36. The molecule has 216 valence electrons. The number of hydrogen-bond acceptors (Lipinski definition) is 10. The van der Waals surface area contributed by atoms with Crippen molar-refractivity contribution in [1.82, 2.24) is 9.97 Å². The summed E-state index contributed by atoms with van der Waals surface area (Å²) in [6, 6.07) is 19.2. The topological polar surface area (TPSA) is 126 Å². The fourth-order valence-electron chi connectivity index (χ4n) is 4.16. The molecule has 0 radical (unpaired) electrons. The van der Waals surface area contributed by atoms with Crippen molar-refractivity contribution in [2.24, 2.45) is 0 Å². The molecule has 0 amide bonds. The molecule has 0 atom stereocenters. The molecule has 0 aliphatic heterocycles. The maximum atomic E-state index is 12.9. The summed E-state index contributed by atoms with van der Waals surface area (Å²) < 4.78 is 21.9. The number of nitrogens with zero attached hydrogens (tertiary/aromatic N) is 2. The van der Waals surface area contributed by atoms with Gasteiger partial charge in [0.05, 0.1) is 24.9 Å². The van der Waals surface area contributed by atoms with Gasteiger partial charge in [-0.15, -0.1) is 0 Å². The standard InChI is InChI=1S/C33H27N3O7/c1-40-14-15-42-32-18-25-24(16-31(32)41-2)33(35-20-34-25)36-26-17-29(39)30(19-28(26)38)43-23-11-9-22(10-12-23)27(37)13-8-21-6-4-3-5-7-21/h3-13,16-20H,14-15H2,1-2H3,(H,34,35,36). The van der Waals surface area contributed by atoms with E-state index in [0.29, 0.717) is 52.7 Å². The number of benzene rings is 3. The van der Waals surface area contributed by atoms with Crippen molar-refractivity contribution in [3.63, 3.8) is 0 Å². The Morgan fingerprint density at radius 2 is 1.67 bits per heavy atom. The molecule has 10 heteroatoms.